The van der Waals surface area contributed by atoms with E-state index in [1.165, 1.54) is 17.7 Å². The van der Waals surface area contributed by atoms with E-state index in [4.69, 9.17) is 11.6 Å². The number of carbonyl (C=O) groups is 1. The first-order valence-electron chi connectivity index (χ1n) is 6.42. The van der Waals surface area contributed by atoms with E-state index < -0.39 is 5.82 Å². The molecule has 0 radical (unpaired) electrons. The molecule has 0 saturated carbocycles. The van der Waals surface area contributed by atoms with Crippen LogP contribution in [0.25, 0.3) is 0 Å². The molecular formula is C16H15ClFNO. The third-order valence-corrected chi connectivity index (χ3v) is 3.40. The highest BCUT2D eigenvalue weighted by Gasteiger charge is 2.11. The van der Waals surface area contributed by atoms with Crippen molar-refractivity contribution >= 4 is 23.2 Å². The summed E-state index contributed by atoms with van der Waals surface area (Å²) in [4.78, 5) is 11.9. The first kappa shape index (κ1) is 14.5. The van der Waals surface area contributed by atoms with Gasteiger partial charge in [0.25, 0.3) is 0 Å². The quantitative estimate of drug-likeness (QED) is 0.898. The van der Waals surface area contributed by atoms with E-state index >= 15 is 0 Å². The Morgan fingerprint density at radius 2 is 1.90 bits per heavy atom. The minimum Gasteiger partial charge on any atom is -0.326 e. The second kappa shape index (κ2) is 6.53. The highest BCUT2D eigenvalue weighted by Crippen LogP contribution is 2.20. The van der Waals surface area contributed by atoms with Gasteiger partial charge in [0.15, 0.2) is 0 Å². The average Bonchev–Trinajstić information content (AvgIpc) is 2.44. The molecule has 0 spiro atoms. The zero-order chi connectivity index (χ0) is 14.5. The van der Waals surface area contributed by atoms with Crippen LogP contribution >= 0.6 is 11.6 Å². The molecule has 0 aliphatic rings. The second-order valence-electron chi connectivity index (χ2n) is 4.48. The lowest BCUT2D eigenvalue weighted by Crippen LogP contribution is -2.15. The Bertz CT molecular complexity index is 590. The van der Waals surface area contributed by atoms with Crippen molar-refractivity contribution in [1.82, 2.24) is 0 Å². The summed E-state index contributed by atoms with van der Waals surface area (Å²) in [7, 11) is 0. The van der Waals surface area contributed by atoms with Crippen molar-refractivity contribution < 1.29 is 9.18 Å². The van der Waals surface area contributed by atoms with Gasteiger partial charge in [-0.1, -0.05) is 36.7 Å². The normalized spacial score (nSPS) is 10.3. The Morgan fingerprint density at radius 1 is 1.20 bits per heavy atom. The van der Waals surface area contributed by atoms with Crippen LogP contribution in [0, 0.1) is 5.82 Å². The number of halogens is 2. The average molecular weight is 292 g/mol. The van der Waals surface area contributed by atoms with Gasteiger partial charge in [-0.05, 0) is 36.2 Å². The van der Waals surface area contributed by atoms with E-state index in [1.807, 2.05) is 24.3 Å². The monoisotopic (exact) mass is 291 g/mol. The van der Waals surface area contributed by atoms with Crippen LogP contribution < -0.4 is 5.32 Å². The number of amides is 1. The third-order valence-electron chi connectivity index (χ3n) is 3.04. The molecule has 20 heavy (non-hydrogen) atoms. The Balaban J connectivity index is 2.05. The summed E-state index contributed by atoms with van der Waals surface area (Å²) in [6.07, 6.45) is 0.861. The van der Waals surface area contributed by atoms with Gasteiger partial charge in [-0.2, -0.15) is 0 Å². The molecule has 0 aromatic heterocycles. The fourth-order valence-electron chi connectivity index (χ4n) is 1.89. The van der Waals surface area contributed by atoms with Gasteiger partial charge in [0, 0.05) is 16.3 Å². The minimum atomic E-state index is -0.464. The van der Waals surface area contributed by atoms with Crippen molar-refractivity contribution in [3.63, 3.8) is 0 Å². The van der Waals surface area contributed by atoms with E-state index in [1.54, 1.807) is 6.07 Å². The van der Waals surface area contributed by atoms with Crippen molar-refractivity contribution in [2.45, 2.75) is 19.8 Å². The largest absolute Gasteiger partial charge is 0.326 e. The summed E-state index contributed by atoms with van der Waals surface area (Å²) in [5.74, 6) is -0.754. The predicted octanol–water partition coefficient (Wildman–Crippen LogP) is 4.22. The summed E-state index contributed by atoms with van der Waals surface area (Å²) in [6.45, 7) is 2.06. The number of carbonyl (C=O) groups excluding carboxylic acids is 1. The van der Waals surface area contributed by atoms with Crippen LogP contribution in [0.5, 0.6) is 0 Å². The van der Waals surface area contributed by atoms with Crippen LogP contribution in [0.3, 0.4) is 0 Å². The maximum absolute atomic E-state index is 13.6. The molecule has 2 aromatic rings. The zero-order valence-corrected chi connectivity index (χ0v) is 11.9. The lowest BCUT2D eigenvalue weighted by Gasteiger charge is -2.08. The molecule has 1 N–H and O–H groups in total. The summed E-state index contributed by atoms with van der Waals surface area (Å²) in [5.41, 5.74) is 2.11. The lowest BCUT2D eigenvalue weighted by atomic mass is 10.1. The van der Waals surface area contributed by atoms with Crippen LogP contribution in [0.4, 0.5) is 10.1 Å². The fourth-order valence-corrected chi connectivity index (χ4v) is 2.12. The second-order valence-corrected chi connectivity index (χ2v) is 4.88. The van der Waals surface area contributed by atoms with Gasteiger partial charge in [0.1, 0.15) is 5.82 Å². The molecule has 4 heteroatoms. The minimum absolute atomic E-state index is 0.0823. The van der Waals surface area contributed by atoms with E-state index in [0.717, 1.165) is 6.42 Å². The van der Waals surface area contributed by atoms with Gasteiger partial charge < -0.3 is 5.32 Å². The molecule has 0 fully saturated rings. The molecule has 2 aromatic carbocycles. The number of nitrogens with one attached hydrogen (secondary N) is 1. The molecule has 2 rings (SSSR count). The standard InChI is InChI=1S/C16H15ClFNO/c1-2-11-6-8-12(9-7-11)19-16(20)10-13-14(17)4-3-5-15(13)18/h3-9H,2,10H2,1H3,(H,19,20). The molecule has 0 unspecified atom stereocenters. The highest BCUT2D eigenvalue weighted by atomic mass is 35.5. The van der Waals surface area contributed by atoms with Gasteiger partial charge in [-0.3, -0.25) is 4.79 Å². The van der Waals surface area contributed by atoms with Crippen molar-refractivity contribution in [3.8, 4) is 0 Å². The Labute approximate surface area is 122 Å². The maximum Gasteiger partial charge on any atom is 0.228 e. The van der Waals surface area contributed by atoms with Crippen LogP contribution in [0.2, 0.25) is 5.02 Å². The highest BCUT2D eigenvalue weighted by molar-refractivity contribution is 6.31. The topological polar surface area (TPSA) is 29.1 Å². The molecule has 2 nitrogen and oxygen atoms in total. The Kier molecular flexibility index (Phi) is 4.74. The number of rotatable bonds is 4. The molecule has 0 heterocycles. The van der Waals surface area contributed by atoms with Crippen molar-refractivity contribution in [2.24, 2.45) is 0 Å². The SMILES string of the molecule is CCc1ccc(NC(=O)Cc2c(F)cccc2Cl)cc1. The summed E-state index contributed by atoms with van der Waals surface area (Å²) in [6, 6.07) is 12.0. The molecule has 0 saturated heterocycles. The van der Waals surface area contributed by atoms with Crippen molar-refractivity contribution in [2.75, 3.05) is 5.32 Å². The number of anilines is 1. The smallest absolute Gasteiger partial charge is 0.228 e. The van der Waals surface area contributed by atoms with Gasteiger partial charge in [-0.15, -0.1) is 0 Å². The van der Waals surface area contributed by atoms with E-state index in [9.17, 15) is 9.18 Å². The molecule has 0 bridgehead atoms. The molecule has 104 valence electrons. The predicted molar refractivity (Wildman–Crippen MR) is 79.6 cm³/mol. The molecule has 0 atom stereocenters. The van der Waals surface area contributed by atoms with Gasteiger partial charge >= 0.3 is 0 Å². The van der Waals surface area contributed by atoms with E-state index in [2.05, 4.69) is 12.2 Å². The van der Waals surface area contributed by atoms with E-state index in [0.29, 0.717) is 5.69 Å². The Morgan fingerprint density at radius 3 is 2.50 bits per heavy atom. The number of hydrogen-bond donors (Lipinski definition) is 1. The summed E-state index contributed by atoms with van der Waals surface area (Å²) < 4.78 is 13.6. The first-order valence-corrected chi connectivity index (χ1v) is 6.79. The van der Waals surface area contributed by atoms with Crippen LogP contribution in [0.15, 0.2) is 42.5 Å². The molecule has 0 aliphatic carbocycles. The summed E-state index contributed by atoms with van der Waals surface area (Å²) >= 11 is 5.90. The van der Waals surface area contributed by atoms with Gasteiger partial charge in [-0.25, -0.2) is 4.39 Å². The summed E-state index contributed by atoms with van der Waals surface area (Å²) in [5, 5.41) is 3.00. The number of aryl methyl sites for hydroxylation is 1. The van der Waals surface area contributed by atoms with Gasteiger partial charge in [0.2, 0.25) is 5.91 Å². The molecular weight excluding hydrogens is 277 g/mol. The lowest BCUT2D eigenvalue weighted by molar-refractivity contribution is -0.115. The maximum atomic E-state index is 13.6. The van der Waals surface area contributed by atoms with E-state index in [-0.39, 0.29) is 22.9 Å². The van der Waals surface area contributed by atoms with Crippen molar-refractivity contribution in [3.05, 3.63) is 64.4 Å². The van der Waals surface area contributed by atoms with Crippen LogP contribution in [-0.2, 0) is 17.6 Å². The third kappa shape index (κ3) is 3.58. The first-order chi connectivity index (χ1) is 9.60. The van der Waals surface area contributed by atoms with Gasteiger partial charge in [0.05, 0.1) is 6.42 Å². The molecule has 0 aliphatic heterocycles. The molecule has 1 amide bonds. The number of benzene rings is 2. The van der Waals surface area contributed by atoms with Crippen LogP contribution in [-0.4, -0.2) is 5.91 Å². The Hall–Kier alpha value is -1.87. The van der Waals surface area contributed by atoms with Crippen molar-refractivity contribution in [1.29, 1.82) is 0 Å². The zero-order valence-electron chi connectivity index (χ0n) is 11.1. The number of hydrogen-bond acceptors (Lipinski definition) is 1. The van der Waals surface area contributed by atoms with Crippen LogP contribution in [0.1, 0.15) is 18.1 Å². The fraction of sp³-hybridized carbons (Fsp3) is 0.188.